The average molecular weight is 202 g/mol. The summed E-state index contributed by atoms with van der Waals surface area (Å²) in [7, 11) is 1.61. The lowest BCUT2D eigenvalue weighted by atomic mass is 10.3. The molecule has 0 aliphatic rings. The van der Waals surface area contributed by atoms with Crippen molar-refractivity contribution in [3.05, 3.63) is 0 Å². The molecule has 0 rings (SSSR count). The first-order chi connectivity index (χ1) is 6.70. The van der Waals surface area contributed by atoms with Gasteiger partial charge in [-0.2, -0.15) is 0 Å². The normalized spacial score (nSPS) is 11.4. The molecule has 0 heterocycles. The third kappa shape index (κ3) is 7.35. The molecule has 6 heteroatoms. The molecule has 14 heavy (non-hydrogen) atoms. The minimum absolute atomic E-state index is 0.0222. The van der Waals surface area contributed by atoms with Gasteiger partial charge in [0.1, 0.15) is 5.84 Å². The third-order valence-corrected chi connectivity index (χ3v) is 1.72. The molecule has 0 radical (unpaired) electrons. The van der Waals surface area contributed by atoms with E-state index in [1.807, 2.05) is 0 Å². The Kier molecular flexibility index (Phi) is 7.53. The van der Waals surface area contributed by atoms with Gasteiger partial charge < -0.3 is 21.6 Å². The van der Waals surface area contributed by atoms with Gasteiger partial charge in [-0.1, -0.05) is 5.16 Å². The maximum absolute atomic E-state index is 10.8. The molecule has 0 aliphatic heterocycles. The topological polar surface area (TPSA) is 99.7 Å². The maximum Gasteiger partial charge on any atom is 0.221 e. The summed E-state index contributed by atoms with van der Waals surface area (Å²) < 4.78 is 0. The van der Waals surface area contributed by atoms with Crippen molar-refractivity contribution in [3.8, 4) is 0 Å². The van der Waals surface area contributed by atoms with Crippen molar-refractivity contribution in [2.24, 2.45) is 10.9 Å². The molecule has 0 aromatic rings. The third-order valence-electron chi connectivity index (χ3n) is 1.72. The van der Waals surface area contributed by atoms with Crippen molar-refractivity contribution in [2.75, 3.05) is 20.1 Å². The maximum atomic E-state index is 10.8. The molecule has 0 aromatic heterocycles. The first kappa shape index (κ1) is 12.7. The minimum atomic E-state index is 0.0222. The summed E-state index contributed by atoms with van der Waals surface area (Å²) in [5.74, 6) is 0.257. The van der Waals surface area contributed by atoms with Crippen LogP contribution >= 0.6 is 0 Å². The number of rotatable bonds is 7. The van der Waals surface area contributed by atoms with Crippen molar-refractivity contribution in [2.45, 2.75) is 19.3 Å². The zero-order chi connectivity index (χ0) is 10.8. The van der Waals surface area contributed by atoms with Gasteiger partial charge >= 0.3 is 0 Å². The molecule has 0 aromatic carbocycles. The van der Waals surface area contributed by atoms with E-state index in [-0.39, 0.29) is 11.7 Å². The molecule has 0 spiro atoms. The SMILES string of the molecule is CNC(=O)CCNCCCC(N)=NO. The molecular formula is C8H18N4O2. The Bertz CT molecular complexity index is 194. The van der Waals surface area contributed by atoms with E-state index < -0.39 is 0 Å². The Labute approximate surface area is 83.5 Å². The quantitative estimate of drug-likeness (QED) is 0.143. The molecule has 0 saturated heterocycles. The van der Waals surface area contributed by atoms with Crippen LogP contribution < -0.4 is 16.4 Å². The van der Waals surface area contributed by atoms with Crippen molar-refractivity contribution in [1.29, 1.82) is 0 Å². The van der Waals surface area contributed by atoms with E-state index in [9.17, 15) is 4.79 Å². The average Bonchev–Trinajstić information content (AvgIpc) is 2.22. The second kappa shape index (κ2) is 8.31. The molecule has 6 nitrogen and oxygen atoms in total. The highest BCUT2D eigenvalue weighted by molar-refractivity contribution is 5.79. The predicted molar refractivity (Wildman–Crippen MR) is 54.2 cm³/mol. The number of nitrogens with zero attached hydrogens (tertiary/aromatic N) is 1. The van der Waals surface area contributed by atoms with E-state index in [1.165, 1.54) is 0 Å². The Morgan fingerprint density at radius 1 is 1.43 bits per heavy atom. The van der Waals surface area contributed by atoms with Gasteiger partial charge in [-0.15, -0.1) is 0 Å². The molecule has 0 aliphatic carbocycles. The van der Waals surface area contributed by atoms with Crippen LogP contribution in [0.5, 0.6) is 0 Å². The fraction of sp³-hybridized carbons (Fsp3) is 0.750. The van der Waals surface area contributed by atoms with E-state index in [1.54, 1.807) is 7.05 Å². The summed E-state index contributed by atoms with van der Waals surface area (Å²) in [5, 5.41) is 16.7. The van der Waals surface area contributed by atoms with E-state index in [2.05, 4.69) is 15.8 Å². The summed E-state index contributed by atoms with van der Waals surface area (Å²) in [5.41, 5.74) is 5.27. The summed E-state index contributed by atoms with van der Waals surface area (Å²) >= 11 is 0. The van der Waals surface area contributed by atoms with Crippen LogP contribution in [-0.2, 0) is 4.79 Å². The lowest BCUT2D eigenvalue weighted by molar-refractivity contribution is -0.120. The summed E-state index contributed by atoms with van der Waals surface area (Å²) in [6, 6.07) is 0. The Balaban J connectivity index is 3.18. The van der Waals surface area contributed by atoms with E-state index in [0.717, 1.165) is 13.0 Å². The zero-order valence-corrected chi connectivity index (χ0v) is 8.42. The van der Waals surface area contributed by atoms with Crippen LogP contribution in [0.1, 0.15) is 19.3 Å². The fourth-order valence-corrected chi connectivity index (χ4v) is 0.896. The molecule has 0 bridgehead atoms. The lowest BCUT2D eigenvalue weighted by Gasteiger charge is -2.03. The Hall–Kier alpha value is -1.30. The smallest absolute Gasteiger partial charge is 0.221 e. The van der Waals surface area contributed by atoms with Crippen molar-refractivity contribution >= 4 is 11.7 Å². The summed E-state index contributed by atoms with van der Waals surface area (Å²) in [4.78, 5) is 10.8. The second-order valence-electron chi connectivity index (χ2n) is 2.87. The van der Waals surface area contributed by atoms with Gasteiger partial charge in [-0.05, 0) is 13.0 Å². The molecule has 0 atom stereocenters. The van der Waals surface area contributed by atoms with Gasteiger partial charge in [0.25, 0.3) is 0 Å². The van der Waals surface area contributed by atoms with Crippen molar-refractivity contribution < 1.29 is 10.0 Å². The molecule has 1 amide bonds. The van der Waals surface area contributed by atoms with Crippen LogP contribution in [0.25, 0.3) is 0 Å². The first-order valence-electron chi connectivity index (χ1n) is 4.58. The number of carbonyl (C=O) groups excluding carboxylic acids is 1. The number of amides is 1. The number of amidine groups is 1. The predicted octanol–water partition coefficient (Wildman–Crippen LogP) is -0.761. The van der Waals surface area contributed by atoms with Crippen LogP contribution in [-0.4, -0.2) is 37.1 Å². The number of hydrogen-bond donors (Lipinski definition) is 4. The highest BCUT2D eigenvalue weighted by Gasteiger charge is 1.96. The van der Waals surface area contributed by atoms with Gasteiger partial charge in [0.05, 0.1) is 0 Å². The van der Waals surface area contributed by atoms with Crippen molar-refractivity contribution in [3.63, 3.8) is 0 Å². The summed E-state index contributed by atoms with van der Waals surface area (Å²) in [6.45, 7) is 1.41. The zero-order valence-electron chi connectivity index (χ0n) is 8.42. The molecule has 0 saturated carbocycles. The monoisotopic (exact) mass is 202 g/mol. The number of hydrogen-bond acceptors (Lipinski definition) is 4. The second-order valence-corrected chi connectivity index (χ2v) is 2.87. The van der Waals surface area contributed by atoms with Crippen LogP contribution in [0.15, 0.2) is 5.16 Å². The number of oxime groups is 1. The van der Waals surface area contributed by atoms with Crippen LogP contribution in [0, 0.1) is 0 Å². The molecule has 5 N–H and O–H groups in total. The van der Waals surface area contributed by atoms with Gasteiger partial charge in [0, 0.05) is 26.4 Å². The highest BCUT2D eigenvalue weighted by Crippen LogP contribution is 1.86. The van der Waals surface area contributed by atoms with Crippen molar-refractivity contribution in [1.82, 2.24) is 10.6 Å². The Morgan fingerprint density at radius 3 is 2.71 bits per heavy atom. The lowest BCUT2D eigenvalue weighted by Crippen LogP contribution is -2.25. The van der Waals surface area contributed by atoms with E-state index >= 15 is 0 Å². The standard InChI is InChI=1S/C8H18N4O2/c1-10-8(13)4-6-11-5-2-3-7(9)12-14/h11,14H,2-6H2,1H3,(H2,9,12)(H,10,13). The first-order valence-corrected chi connectivity index (χ1v) is 4.58. The molecule has 0 fully saturated rings. The van der Waals surface area contributed by atoms with E-state index in [4.69, 9.17) is 10.9 Å². The van der Waals surface area contributed by atoms with E-state index in [0.29, 0.717) is 19.4 Å². The number of nitrogens with two attached hydrogens (primary N) is 1. The Morgan fingerprint density at radius 2 is 2.14 bits per heavy atom. The number of carbonyl (C=O) groups is 1. The molecular weight excluding hydrogens is 184 g/mol. The fourth-order valence-electron chi connectivity index (χ4n) is 0.896. The minimum Gasteiger partial charge on any atom is -0.409 e. The molecule has 0 unspecified atom stereocenters. The summed E-state index contributed by atoms with van der Waals surface area (Å²) in [6.07, 6.45) is 1.83. The van der Waals surface area contributed by atoms with Crippen LogP contribution in [0.3, 0.4) is 0 Å². The van der Waals surface area contributed by atoms with Gasteiger partial charge in [-0.3, -0.25) is 4.79 Å². The largest absolute Gasteiger partial charge is 0.409 e. The van der Waals surface area contributed by atoms with Crippen LogP contribution in [0.2, 0.25) is 0 Å². The number of nitrogens with one attached hydrogen (secondary N) is 2. The van der Waals surface area contributed by atoms with Gasteiger partial charge in [-0.25, -0.2) is 0 Å². The van der Waals surface area contributed by atoms with Crippen LogP contribution in [0.4, 0.5) is 0 Å². The van der Waals surface area contributed by atoms with Gasteiger partial charge in [0.2, 0.25) is 5.91 Å². The highest BCUT2D eigenvalue weighted by atomic mass is 16.4. The molecule has 82 valence electrons. The van der Waals surface area contributed by atoms with Gasteiger partial charge in [0.15, 0.2) is 0 Å².